The van der Waals surface area contributed by atoms with Crippen molar-refractivity contribution in [2.75, 3.05) is 40.0 Å². The SMILES string of the molecule is COCCOC(=O)N1CCc2c([nH]c3ccc(Cl)cc23)C1c1ccc(OCCCCCCNC(C)C)cc1. The van der Waals surface area contributed by atoms with Gasteiger partial charge in [0, 0.05) is 41.3 Å². The van der Waals surface area contributed by atoms with Crippen molar-refractivity contribution in [1.29, 1.82) is 0 Å². The molecule has 0 radical (unpaired) electrons. The molecule has 0 aliphatic carbocycles. The smallest absolute Gasteiger partial charge is 0.410 e. The lowest BCUT2D eigenvalue weighted by molar-refractivity contribution is 0.0629. The standard InChI is InChI=1S/C30H40ClN3O4/c1-21(2)32-15-6-4-5-7-17-37-24-11-8-22(9-12-24)29-28-25(26-20-23(31)10-13-27(26)33-28)14-16-34(29)30(35)38-19-18-36-3/h8-13,20-21,29,32-33H,4-7,14-19H2,1-3H3. The predicted octanol–water partition coefficient (Wildman–Crippen LogP) is 6.49. The highest BCUT2D eigenvalue weighted by molar-refractivity contribution is 6.31. The monoisotopic (exact) mass is 541 g/mol. The van der Waals surface area contributed by atoms with Crippen LogP contribution in [0.1, 0.15) is 62.4 Å². The molecule has 1 aliphatic rings. The molecule has 1 atom stereocenters. The van der Waals surface area contributed by atoms with Gasteiger partial charge in [-0.15, -0.1) is 0 Å². The molecule has 2 aromatic carbocycles. The van der Waals surface area contributed by atoms with Crippen molar-refractivity contribution in [2.24, 2.45) is 0 Å². The fraction of sp³-hybridized carbons (Fsp3) is 0.500. The molecule has 1 aliphatic heterocycles. The predicted molar refractivity (Wildman–Crippen MR) is 152 cm³/mol. The van der Waals surface area contributed by atoms with Gasteiger partial charge in [-0.05, 0) is 67.3 Å². The van der Waals surface area contributed by atoms with Gasteiger partial charge in [0.25, 0.3) is 0 Å². The van der Waals surface area contributed by atoms with Crippen LogP contribution in [0.2, 0.25) is 5.02 Å². The summed E-state index contributed by atoms with van der Waals surface area (Å²) >= 11 is 6.31. The van der Waals surface area contributed by atoms with Crippen molar-refractivity contribution >= 4 is 28.6 Å². The Hall–Kier alpha value is -2.74. The van der Waals surface area contributed by atoms with E-state index in [1.165, 1.54) is 18.4 Å². The van der Waals surface area contributed by atoms with E-state index >= 15 is 0 Å². The van der Waals surface area contributed by atoms with E-state index in [1.54, 1.807) is 12.0 Å². The molecular weight excluding hydrogens is 502 g/mol. The van der Waals surface area contributed by atoms with Crippen molar-refractivity contribution in [3.8, 4) is 5.75 Å². The normalized spacial score (nSPS) is 15.2. The van der Waals surface area contributed by atoms with E-state index in [9.17, 15) is 4.79 Å². The van der Waals surface area contributed by atoms with Crippen LogP contribution in [-0.4, -0.2) is 62.0 Å². The molecule has 7 nitrogen and oxygen atoms in total. The van der Waals surface area contributed by atoms with Crippen LogP contribution in [0.4, 0.5) is 4.79 Å². The zero-order valence-corrected chi connectivity index (χ0v) is 23.5. The molecule has 2 heterocycles. The summed E-state index contributed by atoms with van der Waals surface area (Å²) in [5, 5.41) is 5.26. The van der Waals surface area contributed by atoms with Crippen molar-refractivity contribution in [3.05, 3.63) is 64.3 Å². The van der Waals surface area contributed by atoms with Gasteiger partial charge in [-0.3, -0.25) is 4.90 Å². The molecule has 38 heavy (non-hydrogen) atoms. The van der Waals surface area contributed by atoms with Crippen LogP contribution >= 0.6 is 11.6 Å². The molecule has 4 rings (SSSR count). The maximum atomic E-state index is 13.1. The molecular formula is C30H40ClN3O4. The van der Waals surface area contributed by atoms with Gasteiger partial charge in [0.05, 0.1) is 13.2 Å². The summed E-state index contributed by atoms with van der Waals surface area (Å²) in [5.74, 6) is 0.837. The van der Waals surface area contributed by atoms with E-state index in [0.29, 0.717) is 30.8 Å². The number of carbonyl (C=O) groups is 1. The number of benzene rings is 2. The number of amides is 1. The Morgan fingerprint density at radius 3 is 2.63 bits per heavy atom. The molecule has 1 amide bonds. The largest absolute Gasteiger partial charge is 0.494 e. The first-order valence-electron chi connectivity index (χ1n) is 13.7. The average molecular weight is 542 g/mol. The number of aromatic amines is 1. The van der Waals surface area contributed by atoms with Gasteiger partial charge in [0.15, 0.2) is 0 Å². The zero-order chi connectivity index (χ0) is 26.9. The quantitative estimate of drug-likeness (QED) is 0.242. The van der Waals surface area contributed by atoms with Crippen molar-refractivity contribution in [2.45, 2.75) is 58.0 Å². The number of fused-ring (bicyclic) bond motifs is 3. The summed E-state index contributed by atoms with van der Waals surface area (Å²) < 4.78 is 16.6. The van der Waals surface area contributed by atoms with E-state index in [2.05, 4.69) is 24.1 Å². The highest BCUT2D eigenvalue weighted by Crippen LogP contribution is 2.39. The zero-order valence-electron chi connectivity index (χ0n) is 22.7. The van der Waals surface area contributed by atoms with E-state index in [-0.39, 0.29) is 18.7 Å². The fourth-order valence-electron chi connectivity index (χ4n) is 5.01. The summed E-state index contributed by atoms with van der Waals surface area (Å²) in [6, 6.07) is 14.2. The fourth-order valence-corrected chi connectivity index (χ4v) is 5.18. The first-order chi connectivity index (χ1) is 18.5. The van der Waals surface area contributed by atoms with Gasteiger partial charge < -0.3 is 24.5 Å². The second kappa shape index (κ2) is 13.9. The Balaban J connectivity index is 1.44. The topological polar surface area (TPSA) is 75.8 Å². The molecule has 206 valence electrons. The maximum Gasteiger partial charge on any atom is 0.410 e. The summed E-state index contributed by atoms with van der Waals surface area (Å²) in [6.07, 6.45) is 4.97. The van der Waals surface area contributed by atoms with E-state index in [0.717, 1.165) is 53.7 Å². The number of H-pyrrole nitrogens is 1. The summed E-state index contributed by atoms with van der Waals surface area (Å²) in [5.41, 5.74) is 4.20. The number of unbranched alkanes of at least 4 members (excludes halogenated alkanes) is 3. The third-order valence-electron chi connectivity index (χ3n) is 6.92. The summed E-state index contributed by atoms with van der Waals surface area (Å²) in [4.78, 5) is 18.4. The van der Waals surface area contributed by atoms with Crippen molar-refractivity contribution < 1.29 is 19.0 Å². The van der Waals surface area contributed by atoms with Gasteiger partial charge in [0.2, 0.25) is 0 Å². The highest BCUT2D eigenvalue weighted by atomic mass is 35.5. The van der Waals surface area contributed by atoms with E-state index in [1.807, 2.05) is 42.5 Å². The van der Waals surface area contributed by atoms with Gasteiger partial charge in [0.1, 0.15) is 18.4 Å². The molecule has 0 saturated heterocycles. The molecule has 0 spiro atoms. The first kappa shape index (κ1) is 28.3. The number of hydrogen-bond acceptors (Lipinski definition) is 5. The molecule has 0 bridgehead atoms. The Labute approximate surface area is 230 Å². The van der Waals surface area contributed by atoms with Gasteiger partial charge >= 0.3 is 6.09 Å². The Morgan fingerprint density at radius 1 is 1.08 bits per heavy atom. The molecule has 2 N–H and O–H groups in total. The van der Waals surface area contributed by atoms with Crippen LogP contribution < -0.4 is 10.1 Å². The molecule has 0 saturated carbocycles. The number of nitrogens with one attached hydrogen (secondary N) is 2. The van der Waals surface area contributed by atoms with E-state index < -0.39 is 0 Å². The number of ether oxygens (including phenoxy) is 3. The molecule has 0 fully saturated rings. The molecule has 8 heteroatoms. The number of methoxy groups -OCH3 is 1. The Kier molecular flexibility index (Phi) is 10.3. The first-order valence-corrected chi connectivity index (χ1v) is 14.0. The lowest BCUT2D eigenvalue weighted by Gasteiger charge is -2.35. The highest BCUT2D eigenvalue weighted by Gasteiger charge is 2.35. The second-order valence-electron chi connectivity index (χ2n) is 10.1. The number of halogens is 1. The minimum absolute atomic E-state index is 0.217. The molecule has 3 aromatic rings. The van der Waals surface area contributed by atoms with Crippen LogP contribution in [-0.2, 0) is 15.9 Å². The number of nitrogens with zero attached hydrogens (tertiary/aromatic N) is 1. The van der Waals surface area contributed by atoms with Crippen LogP contribution in [0.25, 0.3) is 10.9 Å². The molecule has 1 unspecified atom stereocenters. The van der Waals surface area contributed by atoms with Gasteiger partial charge in [-0.25, -0.2) is 4.79 Å². The second-order valence-corrected chi connectivity index (χ2v) is 10.5. The minimum atomic E-state index is -0.349. The van der Waals surface area contributed by atoms with E-state index in [4.69, 9.17) is 25.8 Å². The van der Waals surface area contributed by atoms with Crippen molar-refractivity contribution in [3.63, 3.8) is 0 Å². The lowest BCUT2D eigenvalue weighted by atomic mass is 9.92. The summed E-state index contributed by atoms with van der Waals surface area (Å²) in [7, 11) is 1.59. The van der Waals surface area contributed by atoms with Crippen LogP contribution in [0, 0.1) is 0 Å². The van der Waals surface area contributed by atoms with Crippen LogP contribution in [0.3, 0.4) is 0 Å². The minimum Gasteiger partial charge on any atom is -0.494 e. The maximum absolute atomic E-state index is 13.1. The van der Waals surface area contributed by atoms with Crippen molar-refractivity contribution in [1.82, 2.24) is 15.2 Å². The lowest BCUT2D eigenvalue weighted by Crippen LogP contribution is -2.41. The van der Waals surface area contributed by atoms with Gasteiger partial charge in [-0.2, -0.15) is 0 Å². The number of hydrogen-bond donors (Lipinski definition) is 2. The average Bonchev–Trinajstić information content (AvgIpc) is 3.27. The van der Waals surface area contributed by atoms with Crippen LogP contribution in [0.15, 0.2) is 42.5 Å². The van der Waals surface area contributed by atoms with Gasteiger partial charge in [-0.1, -0.05) is 50.4 Å². The molecule has 1 aromatic heterocycles. The number of aromatic nitrogens is 1. The number of carbonyl (C=O) groups excluding carboxylic acids is 1. The Bertz CT molecular complexity index is 1180. The third-order valence-corrected chi connectivity index (χ3v) is 7.16. The third kappa shape index (κ3) is 7.22. The van der Waals surface area contributed by atoms with Crippen LogP contribution in [0.5, 0.6) is 5.75 Å². The number of rotatable bonds is 13. The Morgan fingerprint density at radius 2 is 1.87 bits per heavy atom. The summed E-state index contributed by atoms with van der Waals surface area (Å²) in [6.45, 7) is 7.25.